The molecule has 5 nitrogen and oxygen atoms in total. The molecule has 0 aromatic carbocycles. The van der Waals surface area contributed by atoms with E-state index in [2.05, 4.69) is 20.8 Å². The molecular formula is C16H34Na2O5S. The first-order valence-electron chi connectivity index (χ1n) is 8.59. The van der Waals surface area contributed by atoms with Crippen molar-refractivity contribution in [1.29, 1.82) is 0 Å². The van der Waals surface area contributed by atoms with E-state index in [1.54, 1.807) is 0 Å². The van der Waals surface area contributed by atoms with Gasteiger partial charge in [-0.25, -0.2) is 0 Å². The van der Waals surface area contributed by atoms with Crippen LogP contribution in [0.5, 0.6) is 0 Å². The Balaban J connectivity index is -0.000000250. The number of hydrogen-bond acceptors (Lipinski definition) is 5. The van der Waals surface area contributed by atoms with Gasteiger partial charge >= 0.3 is 59.1 Å². The van der Waals surface area contributed by atoms with E-state index in [0.717, 1.165) is 6.61 Å². The maximum atomic E-state index is 8.52. The van der Waals surface area contributed by atoms with Gasteiger partial charge in [0.2, 0.25) is 0 Å². The minimum atomic E-state index is -5.17. The van der Waals surface area contributed by atoms with E-state index < -0.39 is 10.4 Å². The molecule has 0 saturated heterocycles. The third-order valence-corrected chi connectivity index (χ3v) is 3.42. The molecule has 24 heavy (non-hydrogen) atoms. The maximum absolute atomic E-state index is 8.52. The molecule has 0 fully saturated rings. The molecule has 136 valence electrons. The maximum Gasteiger partial charge on any atom is 1.00 e. The molecule has 0 N–H and O–H groups in total. The summed E-state index contributed by atoms with van der Waals surface area (Å²) in [5.74, 6) is 0. The van der Waals surface area contributed by atoms with E-state index in [1.165, 1.54) is 70.6 Å². The Kier molecular flexibility index (Phi) is 34.6. The fourth-order valence-electron chi connectivity index (χ4n) is 2.29. The first-order chi connectivity index (χ1) is 10.3. The molecule has 0 spiro atoms. The quantitative estimate of drug-likeness (QED) is 0.165. The van der Waals surface area contributed by atoms with E-state index in [-0.39, 0.29) is 59.1 Å². The van der Waals surface area contributed by atoms with Gasteiger partial charge in [-0.1, -0.05) is 71.1 Å². The fourth-order valence-corrected chi connectivity index (χ4v) is 2.29. The number of ether oxygens (including phenoxy) is 1. The van der Waals surface area contributed by atoms with Crippen LogP contribution in [0.4, 0.5) is 0 Å². The smallest absolute Gasteiger partial charge is 0.759 e. The summed E-state index contributed by atoms with van der Waals surface area (Å²) in [6, 6.07) is 0. The third kappa shape index (κ3) is 43.8. The molecule has 1 atom stereocenters. The first-order valence-corrected chi connectivity index (χ1v) is 9.92. The van der Waals surface area contributed by atoms with Crippen molar-refractivity contribution in [3.63, 3.8) is 0 Å². The Hall–Kier alpha value is 1.83. The predicted octanol–water partition coefficient (Wildman–Crippen LogP) is -1.61. The van der Waals surface area contributed by atoms with Crippen LogP contribution in [0.2, 0.25) is 0 Å². The minimum Gasteiger partial charge on any atom is -0.759 e. The standard InChI is InChI=1S/C16H34O.2Na.H2O4S/c1-4-6-7-8-9-10-11-12-13-14-15-16(3)17-5-2;;;1-5(2,3)4/h16H,4-15H2,1-3H3;;;(H2,1,2,3,4)/q;2*+1;/p-2. The summed E-state index contributed by atoms with van der Waals surface area (Å²) >= 11 is 0. The van der Waals surface area contributed by atoms with Crippen LogP contribution in [0.1, 0.15) is 91.4 Å². The zero-order valence-corrected chi connectivity index (χ0v) is 21.3. The summed E-state index contributed by atoms with van der Waals surface area (Å²) in [6.45, 7) is 7.41. The molecule has 0 saturated carbocycles. The summed E-state index contributed by atoms with van der Waals surface area (Å²) in [4.78, 5) is 0. The average Bonchev–Trinajstić information content (AvgIpc) is 2.39. The van der Waals surface area contributed by atoms with Crippen LogP contribution in [0.3, 0.4) is 0 Å². The van der Waals surface area contributed by atoms with Crippen LogP contribution in [0.15, 0.2) is 0 Å². The zero-order chi connectivity index (χ0) is 17.3. The second-order valence-electron chi connectivity index (χ2n) is 5.64. The van der Waals surface area contributed by atoms with Crippen LogP contribution in [-0.4, -0.2) is 30.2 Å². The van der Waals surface area contributed by atoms with Gasteiger partial charge in [0.1, 0.15) is 0 Å². The van der Waals surface area contributed by atoms with Crippen LogP contribution in [-0.2, 0) is 15.1 Å². The van der Waals surface area contributed by atoms with Crippen LogP contribution in [0, 0.1) is 0 Å². The minimum absolute atomic E-state index is 0. The van der Waals surface area contributed by atoms with Crippen LogP contribution >= 0.6 is 0 Å². The van der Waals surface area contributed by atoms with Gasteiger partial charge in [-0.3, -0.25) is 8.42 Å². The molecule has 0 aromatic heterocycles. The van der Waals surface area contributed by atoms with Crippen LogP contribution in [0.25, 0.3) is 0 Å². The van der Waals surface area contributed by atoms with Gasteiger partial charge in [0.05, 0.1) is 6.10 Å². The molecule has 0 rings (SSSR count). The average molecular weight is 384 g/mol. The van der Waals surface area contributed by atoms with E-state index >= 15 is 0 Å². The summed E-state index contributed by atoms with van der Waals surface area (Å²) < 4.78 is 39.6. The van der Waals surface area contributed by atoms with Gasteiger partial charge in [-0.2, -0.15) is 0 Å². The molecule has 0 aliphatic carbocycles. The van der Waals surface area contributed by atoms with E-state index in [1.807, 2.05) is 0 Å². The Morgan fingerprint density at radius 2 is 1.12 bits per heavy atom. The van der Waals surface area contributed by atoms with Crippen molar-refractivity contribution in [2.45, 2.75) is 97.5 Å². The summed E-state index contributed by atoms with van der Waals surface area (Å²) in [6.07, 6.45) is 15.9. The molecular weight excluding hydrogens is 350 g/mol. The van der Waals surface area contributed by atoms with Crippen molar-refractivity contribution >= 4 is 10.4 Å². The van der Waals surface area contributed by atoms with E-state index in [0.29, 0.717) is 6.10 Å². The fraction of sp³-hybridized carbons (Fsp3) is 1.00. The largest absolute Gasteiger partial charge is 1.00 e. The topological polar surface area (TPSA) is 89.5 Å². The molecule has 0 radical (unpaired) electrons. The summed E-state index contributed by atoms with van der Waals surface area (Å²) in [5.41, 5.74) is 0. The van der Waals surface area contributed by atoms with Crippen molar-refractivity contribution in [3.8, 4) is 0 Å². The predicted molar refractivity (Wildman–Crippen MR) is 88.0 cm³/mol. The molecule has 0 heterocycles. The molecule has 8 heteroatoms. The van der Waals surface area contributed by atoms with E-state index in [4.69, 9.17) is 22.3 Å². The monoisotopic (exact) mass is 384 g/mol. The van der Waals surface area contributed by atoms with Crippen molar-refractivity contribution in [2.24, 2.45) is 0 Å². The van der Waals surface area contributed by atoms with E-state index in [9.17, 15) is 0 Å². The van der Waals surface area contributed by atoms with Crippen molar-refractivity contribution < 1.29 is 81.4 Å². The molecule has 0 bridgehead atoms. The second kappa shape index (κ2) is 24.8. The normalized spacial score (nSPS) is 11.5. The van der Waals surface area contributed by atoms with Crippen molar-refractivity contribution in [1.82, 2.24) is 0 Å². The molecule has 1 unspecified atom stereocenters. The Morgan fingerprint density at radius 3 is 1.46 bits per heavy atom. The van der Waals surface area contributed by atoms with Gasteiger partial charge in [-0.15, -0.1) is 0 Å². The number of unbranched alkanes of at least 4 members (excludes halogenated alkanes) is 9. The molecule has 0 aliphatic heterocycles. The first kappa shape index (κ1) is 33.4. The summed E-state index contributed by atoms with van der Waals surface area (Å²) in [5, 5.41) is 0. The molecule has 0 aromatic rings. The number of rotatable bonds is 13. The second-order valence-corrected chi connectivity index (χ2v) is 6.46. The Bertz CT molecular complexity index is 306. The van der Waals surface area contributed by atoms with Crippen molar-refractivity contribution in [3.05, 3.63) is 0 Å². The third-order valence-electron chi connectivity index (χ3n) is 3.42. The van der Waals surface area contributed by atoms with Gasteiger partial charge in [-0.05, 0) is 20.3 Å². The Morgan fingerprint density at radius 1 is 0.792 bits per heavy atom. The Labute approximate surface area is 194 Å². The molecule has 0 aliphatic rings. The molecule has 0 amide bonds. The number of hydrogen-bond donors (Lipinski definition) is 0. The zero-order valence-electron chi connectivity index (χ0n) is 16.5. The van der Waals surface area contributed by atoms with Gasteiger partial charge < -0.3 is 13.8 Å². The van der Waals surface area contributed by atoms with Crippen LogP contribution < -0.4 is 59.1 Å². The van der Waals surface area contributed by atoms with Gasteiger partial charge in [0, 0.05) is 17.0 Å². The van der Waals surface area contributed by atoms with Crippen molar-refractivity contribution in [2.75, 3.05) is 6.61 Å². The van der Waals surface area contributed by atoms with Gasteiger partial charge in [0.15, 0.2) is 0 Å². The SMILES string of the molecule is CCCCCCCCCCCCC(C)OCC.O=S(=O)([O-])[O-].[Na+].[Na+]. The van der Waals surface area contributed by atoms with Gasteiger partial charge in [0.25, 0.3) is 0 Å². The summed E-state index contributed by atoms with van der Waals surface area (Å²) in [7, 11) is -5.17.